The van der Waals surface area contributed by atoms with E-state index < -0.39 is 55.2 Å². The first-order valence-electron chi connectivity index (χ1n) is 15.9. The van der Waals surface area contributed by atoms with Crippen molar-refractivity contribution in [3.05, 3.63) is 119 Å². The Balaban J connectivity index is 1.05. The number of carbonyl (C=O) groups excluding carboxylic acids is 3. The van der Waals surface area contributed by atoms with Crippen LogP contribution in [0.15, 0.2) is 91.0 Å². The second-order valence-corrected chi connectivity index (χ2v) is 11.9. The van der Waals surface area contributed by atoms with Gasteiger partial charge in [-0.1, -0.05) is 60.7 Å². The number of benzene rings is 4. The molecule has 1 aliphatic carbocycles. The number of anilines is 2. The standard InChI is InChI=1S/C37H37N3O9/c1-47-36-31(33(43)32(42)30(20-41)49-36)40-34(44)24-8-6-9-25(19-24)38-35(45)27-11-4-5-12-29(27)39-37(46)48-16-15-21-13-14-23-18-22-7-2-3-10-26(22)28(23)17-21/h2-14,17,19,30-33,36,41-43H,15-16,18,20H2,1H3,(H,38,45)(H,39,46)(H,40,44)/t30-,31-,32-,33-,36+/m1/s1. The van der Waals surface area contributed by atoms with Gasteiger partial charge in [-0.25, -0.2) is 4.79 Å². The minimum Gasteiger partial charge on any atom is -0.449 e. The summed E-state index contributed by atoms with van der Waals surface area (Å²) in [6, 6.07) is 26.0. The van der Waals surface area contributed by atoms with Crippen molar-refractivity contribution in [2.75, 3.05) is 31.0 Å². The van der Waals surface area contributed by atoms with E-state index in [0.29, 0.717) is 6.42 Å². The average Bonchev–Trinajstić information content (AvgIpc) is 3.48. The van der Waals surface area contributed by atoms with Crippen molar-refractivity contribution >= 4 is 29.3 Å². The van der Waals surface area contributed by atoms with Crippen LogP contribution < -0.4 is 16.0 Å². The maximum absolute atomic E-state index is 13.3. The highest BCUT2D eigenvalue weighted by Gasteiger charge is 2.45. The number of nitrogens with one attached hydrogen (secondary N) is 3. The molecule has 2 aliphatic rings. The molecule has 6 N–H and O–H groups in total. The Morgan fingerprint density at radius 1 is 0.837 bits per heavy atom. The van der Waals surface area contributed by atoms with Crippen LogP contribution in [0.1, 0.15) is 37.4 Å². The smallest absolute Gasteiger partial charge is 0.411 e. The fourth-order valence-corrected chi connectivity index (χ4v) is 6.13. The van der Waals surface area contributed by atoms with Gasteiger partial charge in [-0.2, -0.15) is 0 Å². The van der Waals surface area contributed by atoms with E-state index >= 15 is 0 Å². The molecular formula is C37H37N3O9. The van der Waals surface area contributed by atoms with Crippen LogP contribution in [0.3, 0.4) is 0 Å². The average molecular weight is 668 g/mol. The molecular weight excluding hydrogens is 630 g/mol. The SMILES string of the molecule is CO[C@H]1O[C@H](CO)[C@@H](O)[C@H](O)[C@H]1NC(=O)c1cccc(NC(=O)c2ccccc2NC(=O)OCCc2ccc3c(c2)-c2ccccc2C3)c1. The first-order valence-corrected chi connectivity index (χ1v) is 15.9. The van der Waals surface area contributed by atoms with Gasteiger partial charge in [0.25, 0.3) is 11.8 Å². The lowest BCUT2D eigenvalue weighted by Gasteiger charge is -2.41. The molecule has 0 bridgehead atoms. The topological polar surface area (TPSA) is 176 Å². The summed E-state index contributed by atoms with van der Waals surface area (Å²) in [6.07, 6.45) is -4.41. The Bertz CT molecular complexity index is 1850. The second kappa shape index (κ2) is 15.0. The molecule has 1 saturated heterocycles. The molecule has 1 fully saturated rings. The van der Waals surface area contributed by atoms with Crippen LogP contribution in [0.25, 0.3) is 11.1 Å². The van der Waals surface area contributed by atoms with E-state index in [1.54, 1.807) is 36.4 Å². The maximum Gasteiger partial charge on any atom is 0.411 e. The van der Waals surface area contributed by atoms with Crippen LogP contribution in [-0.2, 0) is 27.1 Å². The zero-order valence-electron chi connectivity index (χ0n) is 26.7. The lowest BCUT2D eigenvalue weighted by Crippen LogP contribution is -2.64. The van der Waals surface area contributed by atoms with Crippen LogP contribution in [0.5, 0.6) is 0 Å². The number of fused-ring (bicyclic) bond motifs is 3. The quantitative estimate of drug-likeness (QED) is 0.130. The highest BCUT2D eigenvalue weighted by Crippen LogP contribution is 2.37. The van der Waals surface area contributed by atoms with Gasteiger partial charge in [0, 0.05) is 24.8 Å². The Morgan fingerprint density at radius 2 is 1.61 bits per heavy atom. The van der Waals surface area contributed by atoms with Gasteiger partial charge in [-0.15, -0.1) is 0 Å². The van der Waals surface area contributed by atoms with Gasteiger partial charge in [0.15, 0.2) is 6.29 Å². The number of rotatable bonds is 10. The lowest BCUT2D eigenvalue weighted by atomic mass is 9.96. The molecule has 4 aromatic carbocycles. The van der Waals surface area contributed by atoms with Crippen LogP contribution in [-0.4, -0.2) is 84.2 Å². The van der Waals surface area contributed by atoms with E-state index in [-0.39, 0.29) is 29.1 Å². The molecule has 0 aromatic heterocycles. The normalized spacial score (nSPS) is 20.9. The number of ether oxygens (including phenoxy) is 3. The molecule has 0 spiro atoms. The Morgan fingerprint density at radius 3 is 2.43 bits per heavy atom. The number of hydrogen-bond donors (Lipinski definition) is 6. The number of aliphatic hydroxyl groups excluding tert-OH is 3. The predicted octanol–water partition coefficient (Wildman–Crippen LogP) is 3.49. The number of amides is 3. The summed E-state index contributed by atoms with van der Waals surface area (Å²) in [7, 11) is 1.31. The van der Waals surface area contributed by atoms with E-state index in [4.69, 9.17) is 14.2 Å². The van der Waals surface area contributed by atoms with E-state index in [1.807, 2.05) is 18.2 Å². The summed E-state index contributed by atoms with van der Waals surface area (Å²) < 4.78 is 16.1. The monoisotopic (exact) mass is 667 g/mol. The summed E-state index contributed by atoms with van der Waals surface area (Å²) in [5, 5.41) is 38.2. The molecule has 1 heterocycles. The van der Waals surface area contributed by atoms with Crippen molar-refractivity contribution in [2.24, 2.45) is 0 Å². The molecule has 1 aliphatic heterocycles. The molecule has 12 nitrogen and oxygen atoms in total. The van der Waals surface area contributed by atoms with E-state index in [2.05, 4.69) is 40.2 Å². The zero-order chi connectivity index (χ0) is 34.5. The van der Waals surface area contributed by atoms with Crippen LogP contribution in [0.4, 0.5) is 16.2 Å². The summed E-state index contributed by atoms with van der Waals surface area (Å²) in [5.41, 5.74) is 6.91. The molecule has 3 amide bonds. The van der Waals surface area contributed by atoms with Crippen molar-refractivity contribution in [2.45, 2.75) is 43.5 Å². The molecule has 4 aromatic rings. The highest BCUT2D eigenvalue weighted by atomic mass is 16.7. The highest BCUT2D eigenvalue weighted by molar-refractivity contribution is 6.10. The molecule has 49 heavy (non-hydrogen) atoms. The van der Waals surface area contributed by atoms with Crippen molar-refractivity contribution in [1.82, 2.24) is 5.32 Å². The number of carbonyl (C=O) groups is 3. The minimum absolute atomic E-state index is 0.140. The van der Waals surface area contributed by atoms with Gasteiger partial charge in [0.2, 0.25) is 0 Å². The van der Waals surface area contributed by atoms with Gasteiger partial charge in [0.05, 0.1) is 24.5 Å². The number of aliphatic hydroxyl groups is 3. The molecule has 254 valence electrons. The van der Waals surface area contributed by atoms with E-state index in [0.717, 1.165) is 12.0 Å². The van der Waals surface area contributed by atoms with Crippen LogP contribution in [0, 0.1) is 0 Å². The van der Waals surface area contributed by atoms with Crippen molar-refractivity contribution in [3.63, 3.8) is 0 Å². The number of hydrogen-bond acceptors (Lipinski definition) is 9. The summed E-state index contributed by atoms with van der Waals surface area (Å²) in [4.78, 5) is 39.1. The van der Waals surface area contributed by atoms with Gasteiger partial charge in [-0.05, 0) is 64.6 Å². The third-order valence-electron chi connectivity index (χ3n) is 8.69. The fraction of sp³-hybridized carbons (Fsp3) is 0.270. The maximum atomic E-state index is 13.3. The third kappa shape index (κ3) is 7.48. The van der Waals surface area contributed by atoms with Crippen LogP contribution in [0.2, 0.25) is 0 Å². The predicted molar refractivity (Wildman–Crippen MR) is 180 cm³/mol. The third-order valence-corrected chi connectivity index (χ3v) is 8.69. The Kier molecular flexibility index (Phi) is 10.3. The first kappa shape index (κ1) is 33.8. The van der Waals surface area contributed by atoms with E-state index in [1.165, 1.54) is 41.5 Å². The number of methoxy groups -OCH3 is 1. The first-order chi connectivity index (χ1) is 23.7. The minimum atomic E-state index is -1.48. The van der Waals surface area contributed by atoms with Gasteiger partial charge >= 0.3 is 6.09 Å². The van der Waals surface area contributed by atoms with Gasteiger partial charge in [0.1, 0.15) is 24.4 Å². The molecule has 0 radical (unpaired) electrons. The molecule has 6 rings (SSSR count). The van der Waals surface area contributed by atoms with Crippen molar-refractivity contribution in [3.8, 4) is 11.1 Å². The van der Waals surface area contributed by atoms with Gasteiger partial charge in [-0.3, -0.25) is 14.9 Å². The zero-order valence-corrected chi connectivity index (χ0v) is 26.7. The Labute approximate surface area is 282 Å². The summed E-state index contributed by atoms with van der Waals surface area (Å²) >= 11 is 0. The van der Waals surface area contributed by atoms with Crippen molar-refractivity contribution < 1.29 is 43.9 Å². The molecule has 0 unspecified atom stereocenters. The van der Waals surface area contributed by atoms with Crippen LogP contribution >= 0.6 is 0 Å². The van der Waals surface area contributed by atoms with Crippen molar-refractivity contribution in [1.29, 1.82) is 0 Å². The lowest BCUT2D eigenvalue weighted by molar-refractivity contribution is -0.261. The summed E-state index contributed by atoms with van der Waals surface area (Å²) in [6.45, 7) is -0.405. The molecule has 5 atom stereocenters. The Hall–Kier alpha value is -5.11. The largest absolute Gasteiger partial charge is 0.449 e. The molecule has 0 saturated carbocycles. The molecule has 12 heteroatoms. The number of para-hydroxylation sites is 1. The fourth-order valence-electron chi connectivity index (χ4n) is 6.13. The second-order valence-electron chi connectivity index (χ2n) is 11.9. The van der Waals surface area contributed by atoms with E-state index in [9.17, 15) is 29.7 Å². The van der Waals surface area contributed by atoms with Gasteiger partial charge < -0.3 is 40.2 Å². The summed E-state index contributed by atoms with van der Waals surface area (Å²) in [5.74, 6) is -1.17.